The molecule has 2 aromatic carbocycles. The minimum atomic E-state index is -0.490. The van der Waals surface area contributed by atoms with Crippen molar-refractivity contribution in [2.45, 2.75) is 53.4 Å². The molecule has 0 bridgehead atoms. The molecule has 8 nitrogen and oxygen atoms in total. The van der Waals surface area contributed by atoms with E-state index < -0.39 is 23.0 Å². The largest absolute Gasteiger partial charge is 2.00 e. The molecule has 2 atom stereocenters. The van der Waals surface area contributed by atoms with Gasteiger partial charge < -0.3 is 31.1 Å². The fourth-order valence-corrected chi connectivity index (χ4v) is 2.80. The quantitative estimate of drug-likeness (QED) is 0.449. The molecule has 0 fully saturated rings. The third-order valence-corrected chi connectivity index (χ3v) is 5.56. The van der Waals surface area contributed by atoms with Gasteiger partial charge in [0.25, 0.3) is 0 Å². The fourth-order valence-electron chi connectivity index (χ4n) is 2.80. The van der Waals surface area contributed by atoms with Gasteiger partial charge in [-0.05, 0) is 36.8 Å². The van der Waals surface area contributed by atoms with E-state index in [0.717, 1.165) is 24.0 Å². The molecular formula is C26H34CaN2O6-2. The summed E-state index contributed by atoms with van der Waals surface area (Å²) in [6.07, 6.45) is 2.75. The molecular weight excluding hydrogens is 476 g/mol. The number of hydrogen-bond acceptors (Lipinski definition) is 6. The Kier molecular flexibility index (Phi) is 16.2. The van der Waals surface area contributed by atoms with Gasteiger partial charge in [-0.2, -0.15) is 0 Å². The van der Waals surface area contributed by atoms with Crippen molar-refractivity contribution < 1.29 is 30.0 Å². The van der Waals surface area contributed by atoms with E-state index in [2.05, 4.69) is 10.6 Å². The van der Waals surface area contributed by atoms with Gasteiger partial charge in [0.1, 0.15) is 0 Å². The van der Waals surface area contributed by atoms with E-state index in [4.69, 9.17) is 0 Å². The molecule has 0 heterocycles. The minimum absolute atomic E-state index is 0. The van der Waals surface area contributed by atoms with E-state index in [-0.39, 0.29) is 61.4 Å². The van der Waals surface area contributed by atoms with Crippen molar-refractivity contribution in [1.82, 2.24) is 10.6 Å². The zero-order valence-corrected chi connectivity index (χ0v) is 23.2. The van der Waals surface area contributed by atoms with E-state index in [0.29, 0.717) is 25.9 Å². The first kappa shape index (κ1) is 32.8. The van der Waals surface area contributed by atoms with Crippen LogP contribution >= 0.6 is 0 Å². The van der Waals surface area contributed by atoms with Crippen LogP contribution in [-0.2, 0) is 22.4 Å². The van der Waals surface area contributed by atoms with Crippen molar-refractivity contribution in [3.8, 4) is 23.0 Å². The standard InChI is InChI=1S/2C13H19NO3.Ca/c2*1-3-9(2)13(17)14-7-6-10-4-5-11(15)12(16)8-10;/h2*4-5,8-9,15-16H,3,6-7H2,1-2H3,(H,14,17);/q;;+2/p-4. The average molecular weight is 511 g/mol. The Morgan fingerprint density at radius 1 is 0.686 bits per heavy atom. The van der Waals surface area contributed by atoms with Crippen molar-refractivity contribution in [3.63, 3.8) is 0 Å². The van der Waals surface area contributed by atoms with E-state index >= 15 is 0 Å². The molecule has 2 N–H and O–H groups in total. The van der Waals surface area contributed by atoms with Crippen LogP contribution in [0.5, 0.6) is 23.0 Å². The van der Waals surface area contributed by atoms with Crippen LogP contribution in [0.25, 0.3) is 0 Å². The Morgan fingerprint density at radius 2 is 1.03 bits per heavy atom. The Labute approximate surface area is 237 Å². The summed E-state index contributed by atoms with van der Waals surface area (Å²) in [5, 5.41) is 49.6. The predicted molar refractivity (Wildman–Crippen MR) is 129 cm³/mol. The molecule has 0 spiro atoms. The zero-order chi connectivity index (χ0) is 25.7. The summed E-state index contributed by atoms with van der Waals surface area (Å²) in [4.78, 5) is 22.9. The van der Waals surface area contributed by atoms with Gasteiger partial charge in [-0.15, -0.1) is 23.0 Å². The molecule has 0 aromatic heterocycles. The number of amides is 2. The summed E-state index contributed by atoms with van der Waals surface area (Å²) >= 11 is 0. The third-order valence-electron chi connectivity index (χ3n) is 5.56. The fraction of sp³-hybridized carbons (Fsp3) is 0.462. The summed E-state index contributed by atoms with van der Waals surface area (Å²) in [5.74, 6) is -1.89. The van der Waals surface area contributed by atoms with Gasteiger partial charge in [0.15, 0.2) is 0 Å². The summed E-state index contributed by atoms with van der Waals surface area (Å²) in [6.45, 7) is 8.64. The van der Waals surface area contributed by atoms with E-state index in [1.165, 1.54) is 24.3 Å². The smallest absolute Gasteiger partial charge is 0.873 e. The molecule has 0 aliphatic rings. The van der Waals surface area contributed by atoms with Gasteiger partial charge in [0.05, 0.1) is 0 Å². The second kappa shape index (κ2) is 17.3. The van der Waals surface area contributed by atoms with Crippen LogP contribution in [0.2, 0.25) is 0 Å². The van der Waals surface area contributed by atoms with Gasteiger partial charge in [-0.3, -0.25) is 9.59 Å². The van der Waals surface area contributed by atoms with Crippen LogP contribution < -0.4 is 31.1 Å². The van der Waals surface area contributed by atoms with Crippen molar-refractivity contribution in [1.29, 1.82) is 0 Å². The number of carbonyl (C=O) groups excluding carboxylic acids is 2. The molecule has 2 unspecified atom stereocenters. The predicted octanol–water partition coefficient (Wildman–Crippen LogP) is 0.696. The average Bonchev–Trinajstić information content (AvgIpc) is 2.82. The number of rotatable bonds is 10. The maximum atomic E-state index is 11.5. The SMILES string of the molecule is CCC(C)C(=O)NCCc1ccc([O-])c([O-])c1.CCC(C)C(=O)NCCc1ccc([O-])c([O-])c1.[Ca+2]. The van der Waals surface area contributed by atoms with Gasteiger partial charge in [-0.1, -0.05) is 64.1 Å². The van der Waals surface area contributed by atoms with Crippen LogP contribution in [-0.4, -0.2) is 62.6 Å². The maximum absolute atomic E-state index is 11.5. The number of benzene rings is 2. The van der Waals surface area contributed by atoms with Gasteiger partial charge in [0, 0.05) is 24.9 Å². The topological polar surface area (TPSA) is 150 Å². The normalized spacial score (nSPS) is 11.8. The molecule has 2 rings (SSSR count). The third kappa shape index (κ3) is 12.4. The van der Waals surface area contributed by atoms with E-state index in [1.54, 1.807) is 12.1 Å². The van der Waals surface area contributed by atoms with Crippen LogP contribution in [0, 0.1) is 11.8 Å². The summed E-state index contributed by atoms with van der Waals surface area (Å²) in [5.41, 5.74) is 1.55. The Balaban J connectivity index is 0.000000642. The molecule has 0 radical (unpaired) electrons. The molecule has 0 aliphatic heterocycles. The van der Waals surface area contributed by atoms with Gasteiger partial charge >= 0.3 is 37.7 Å². The van der Waals surface area contributed by atoms with Crippen LogP contribution in [0.3, 0.4) is 0 Å². The Bertz CT molecular complexity index is 863. The number of nitrogens with one attached hydrogen (secondary N) is 2. The number of carbonyl (C=O) groups is 2. The monoisotopic (exact) mass is 510 g/mol. The van der Waals surface area contributed by atoms with Crippen LogP contribution in [0.1, 0.15) is 51.7 Å². The van der Waals surface area contributed by atoms with Crippen molar-refractivity contribution >= 4 is 49.6 Å². The molecule has 35 heavy (non-hydrogen) atoms. The first-order chi connectivity index (χ1) is 16.1. The summed E-state index contributed by atoms with van der Waals surface area (Å²) in [7, 11) is 0. The molecule has 9 heteroatoms. The van der Waals surface area contributed by atoms with Crippen molar-refractivity contribution in [2.24, 2.45) is 11.8 Å². The van der Waals surface area contributed by atoms with Crippen LogP contribution in [0.4, 0.5) is 0 Å². The van der Waals surface area contributed by atoms with E-state index in [1.807, 2.05) is 27.7 Å². The van der Waals surface area contributed by atoms with Crippen molar-refractivity contribution in [3.05, 3.63) is 47.5 Å². The molecule has 0 saturated heterocycles. The van der Waals surface area contributed by atoms with Gasteiger partial charge in [-0.25, -0.2) is 0 Å². The minimum Gasteiger partial charge on any atom is -0.873 e. The number of hydrogen-bond donors (Lipinski definition) is 2. The molecule has 0 saturated carbocycles. The molecule has 2 amide bonds. The Morgan fingerprint density at radius 3 is 1.31 bits per heavy atom. The van der Waals surface area contributed by atoms with Crippen molar-refractivity contribution in [2.75, 3.05) is 13.1 Å². The van der Waals surface area contributed by atoms with Crippen LogP contribution in [0.15, 0.2) is 36.4 Å². The first-order valence-corrected chi connectivity index (χ1v) is 11.6. The molecule has 2 aromatic rings. The summed E-state index contributed by atoms with van der Waals surface area (Å²) in [6, 6.07) is 8.45. The zero-order valence-electron chi connectivity index (χ0n) is 21.0. The van der Waals surface area contributed by atoms with Gasteiger partial charge in [0.2, 0.25) is 11.8 Å². The second-order valence-corrected chi connectivity index (χ2v) is 8.26. The summed E-state index contributed by atoms with van der Waals surface area (Å²) < 4.78 is 0. The Hall–Kier alpha value is -2.16. The molecule has 188 valence electrons. The second-order valence-electron chi connectivity index (χ2n) is 8.26. The molecule has 0 aliphatic carbocycles. The van der Waals surface area contributed by atoms with E-state index in [9.17, 15) is 30.0 Å². The first-order valence-electron chi connectivity index (χ1n) is 11.6. The maximum Gasteiger partial charge on any atom is 2.00 e.